The van der Waals surface area contributed by atoms with Crippen molar-refractivity contribution < 1.29 is 9.59 Å². The maximum Gasteiger partial charge on any atom is 0.251 e. The molecule has 0 saturated carbocycles. The van der Waals surface area contributed by atoms with Gasteiger partial charge in [0.1, 0.15) is 0 Å². The number of carbonyl (C=O) groups is 2. The Morgan fingerprint density at radius 2 is 1.90 bits per heavy atom. The number of rotatable bonds is 4. The average Bonchev–Trinajstić information content (AvgIpc) is 2.25. The van der Waals surface area contributed by atoms with Crippen molar-refractivity contribution in [3.8, 4) is 0 Å². The van der Waals surface area contributed by atoms with Crippen molar-refractivity contribution in [2.75, 3.05) is 12.3 Å². The standard InChI is InChI=1S/C15H23N3O2/c1-10-9-11(16)5-6-12(10)14(20)17-8-7-13(19)18-15(2,3)4/h5-6,9H,7-8,16H2,1-4H3,(H,17,20)(H,18,19). The van der Waals surface area contributed by atoms with E-state index in [2.05, 4.69) is 10.6 Å². The Morgan fingerprint density at radius 3 is 2.45 bits per heavy atom. The van der Waals surface area contributed by atoms with Gasteiger partial charge in [-0.25, -0.2) is 0 Å². The zero-order chi connectivity index (χ0) is 15.3. The largest absolute Gasteiger partial charge is 0.399 e. The van der Waals surface area contributed by atoms with Crippen molar-refractivity contribution in [3.05, 3.63) is 29.3 Å². The van der Waals surface area contributed by atoms with Crippen LogP contribution >= 0.6 is 0 Å². The number of aryl methyl sites for hydroxylation is 1. The second-order valence-electron chi connectivity index (χ2n) is 5.88. The van der Waals surface area contributed by atoms with Gasteiger partial charge in [-0.05, 0) is 51.5 Å². The second-order valence-corrected chi connectivity index (χ2v) is 5.88. The molecule has 0 bridgehead atoms. The highest BCUT2D eigenvalue weighted by Crippen LogP contribution is 2.12. The molecule has 5 heteroatoms. The average molecular weight is 277 g/mol. The first-order valence-electron chi connectivity index (χ1n) is 6.64. The van der Waals surface area contributed by atoms with Gasteiger partial charge in [0.25, 0.3) is 5.91 Å². The third-order valence-corrected chi connectivity index (χ3v) is 2.65. The van der Waals surface area contributed by atoms with Crippen LogP contribution in [0, 0.1) is 6.92 Å². The maximum absolute atomic E-state index is 12.0. The predicted molar refractivity (Wildman–Crippen MR) is 80.4 cm³/mol. The topological polar surface area (TPSA) is 84.2 Å². The lowest BCUT2D eigenvalue weighted by Crippen LogP contribution is -2.42. The summed E-state index contributed by atoms with van der Waals surface area (Å²) >= 11 is 0. The Morgan fingerprint density at radius 1 is 1.25 bits per heavy atom. The molecule has 5 nitrogen and oxygen atoms in total. The van der Waals surface area contributed by atoms with E-state index in [1.165, 1.54) is 0 Å². The number of nitrogens with one attached hydrogen (secondary N) is 2. The van der Waals surface area contributed by atoms with E-state index in [1.807, 2.05) is 27.7 Å². The first-order valence-corrected chi connectivity index (χ1v) is 6.64. The van der Waals surface area contributed by atoms with E-state index in [0.717, 1.165) is 5.56 Å². The fourth-order valence-electron chi connectivity index (χ4n) is 1.81. The van der Waals surface area contributed by atoms with Crippen LogP contribution < -0.4 is 16.4 Å². The van der Waals surface area contributed by atoms with Gasteiger partial charge >= 0.3 is 0 Å². The number of hydrogen-bond donors (Lipinski definition) is 3. The van der Waals surface area contributed by atoms with Crippen LogP contribution in [0.4, 0.5) is 5.69 Å². The third-order valence-electron chi connectivity index (χ3n) is 2.65. The van der Waals surface area contributed by atoms with Gasteiger partial charge in [0.2, 0.25) is 5.91 Å². The van der Waals surface area contributed by atoms with Gasteiger partial charge in [-0.2, -0.15) is 0 Å². The zero-order valence-corrected chi connectivity index (χ0v) is 12.5. The van der Waals surface area contributed by atoms with E-state index in [-0.39, 0.29) is 23.8 Å². The van der Waals surface area contributed by atoms with E-state index >= 15 is 0 Å². The van der Waals surface area contributed by atoms with Crippen LogP contribution in [0.15, 0.2) is 18.2 Å². The van der Waals surface area contributed by atoms with Gasteiger partial charge < -0.3 is 16.4 Å². The quantitative estimate of drug-likeness (QED) is 0.731. The molecular formula is C15H23N3O2. The summed E-state index contributed by atoms with van der Waals surface area (Å²) in [6, 6.07) is 5.13. The lowest BCUT2D eigenvalue weighted by atomic mass is 10.1. The normalized spacial score (nSPS) is 11.0. The molecule has 0 radical (unpaired) electrons. The van der Waals surface area contributed by atoms with E-state index in [1.54, 1.807) is 18.2 Å². The maximum atomic E-state index is 12.0. The summed E-state index contributed by atoms with van der Waals surface area (Å²) in [5, 5.41) is 5.58. The summed E-state index contributed by atoms with van der Waals surface area (Å²) in [4.78, 5) is 23.6. The summed E-state index contributed by atoms with van der Waals surface area (Å²) < 4.78 is 0. The lowest BCUT2D eigenvalue weighted by Gasteiger charge is -2.20. The zero-order valence-electron chi connectivity index (χ0n) is 12.5. The molecule has 0 aliphatic heterocycles. The number of carbonyl (C=O) groups excluding carboxylic acids is 2. The highest BCUT2D eigenvalue weighted by Gasteiger charge is 2.14. The minimum Gasteiger partial charge on any atom is -0.399 e. The van der Waals surface area contributed by atoms with Crippen LogP contribution in [0.1, 0.15) is 43.1 Å². The Bertz CT molecular complexity index is 504. The molecule has 4 N–H and O–H groups in total. The van der Waals surface area contributed by atoms with Crippen molar-refractivity contribution in [2.24, 2.45) is 0 Å². The Labute approximate surface area is 119 Å². The van der Waals surface area contributed by atoms with Crippen LogP contribution in [0.3, 0.4) is 0 Å². The molecule has 0 aromatic heterocycles. The fraction of sp³-hybridized carbons (Fsp3) is 0.467. The monoisotopic (exact) mass is 277 g/mol. The summed E-state index contributed by atoms with van der Waals surface area (Å²) in [6.07, 6.45) is 0.261. The molecule has 1 aromatic rings. The molecule has 0 aliphatic rings. The van der Waals surface area contributed by atoms with Crippen LogP contribution in [0.25, 0.3) is 0 Å². The highest BCUT2D eigenvalue weighted by molar-refractivity contribution is 5.96. The minimum absolute atomic E-state index is 0.0770. The molecule has 2 amide bonds. The first kappa shape index (κ1) is 16.0. The molecule has 0 aliphatic carbocycles. The van der Waals surface area contributed by atoms with Crippen LogP contribution in [0.5, 0.6) is 0 Å². The number of benzene rings is 1. The molecule has 0 saturated heterocycles. The SMILES string of the molecule is Cc1cc(N)ccc1C(=O)NCCC(=O)NC(C)(C)C. The van der Waals surface area contributed by atoms with Crippen molar-refractivity contribution in [1.29, 1.82) is 0 Å². The van der Waals surface area contributed by atoms with Gasteiger partial charge in [-0.3, -0.25) is 9.59 Å². The number of amides is 2. The van der Waals surface area contributed by atoms with E-state index < -0.39 is 0 Å². The van der Waals surface area contributed by atoms with Crippen molar-refractivity contribution in [2.45, 2.75) is 39.7 Å². The van der Waals surface area contributed by atoms with Crippen LogP contribution in [0.2, 0.25) is 0 Å². The molecule has 0 fully saturated rings. The molecule has 0 atom stereocenters. The van der Waals surface area contributed by atoms with Crippen LogP contribution in [-0.4, -0.2) is 23.9 Å². The summed E-state index contributed by atoms with van der Waals surface area (Å²) in [5.41, 5.74) is 7.41. The van der Waals surface area contributed by atoms with Crippen LogP contribution in [-0.2, 0) is 4.79 Å². The molecule has 1 aromatic carbocycles. The van der Waals surface area contributed by atoms with E-state index in [0.29, 0.717) is 17.8 Å². The van der Waals surface area contributed by atoms with E-state index in [4.69, 9.17) is 5.73 Å². The Hall–Kier alpha value is -2.04. The molecule has 110 valence electrons. The minimum atomic E-state index is -0.255. The van der Waals surface area contributed by atoms with Crippen molar-refractivity contribution >= 4 is 17.5 Å². The Kier molecular flexibility index (Phi) is 5.13. The van der Waals surface area contributed by atoms with Gasteiger partial charge in [-0.15, -0.1) is 0 Å². The molecular weight excluding hydrogens is 254 g/mol. The summed E-state index contributed by atoms with van der Waals surface area (Å²) in [6.45, 7) is 7.89. The van der Waals surface area contributed by atoms with E-state index in [9.17, 15) is 9.59 Å². The molecule has 0 spiro atoms. The lowest BCUT2D eigenvalue weighted by molar-refractivity contribution is -0.122. The first-order chi connectivity index (χ1) is 9.19. The van der Waals surface area contributed by atoms with Gasteiger partial charge in [-0.1, -0.05) is 0 Å². The van der Waals surface area contributed by atoms with Gasteiger partial charge in [0.05, 0.1) is 0 Å². The molecule has 20 heavy (non-hydrogen) atoms. The summed E-state index contributed by atoms with van der Waals surface area (Å²) in [5.74, 6) is -0.266. The van der Waals surface area contributed by atoms with Crippen molar-refractivity contribution in [1.82, 2.24) is 10.6 Å². The number of anilines is 1. The summed E-state index contributed by atoms with van der Waals surface area (Å²) in [7, 11) is 0. The molecule has 0 unspecified atom stereocenters. The number of hydrogen-bond acceptors (Lipinski definition) is 3. The van der Waals surface area contributed by atoms with Gasteiger partial charge in [0, 0.05) is 29.8 Å². The highest BCUT2D eigenvalue weighted by atomic mass is 16.2. The number of nitrogen functional groups attached to an aromatic ring is 1. The van der Waals surface area contributed by atoms with Gasteiger partial charge in [0.15, 0.2) is 0 Å². The molecule has 1 rings (SSSR count). The fourth-order valence-corrected chi connectivity index (χ4v) is 1.81. The Balaban J connectivity index is 2.46. The third kappa shape index (κ3) is 5.30. The smallest absolute Gasteiger partial charge is 0.251 e. The number of nitrogens with two attached hydrogens (primary N) is 1. The second kappa shape index (κ2) is 6.41. The predicted octanol–water partition coefficient (Wildman–Crippen LogP) is 1.61. The molecule has 0 heterocycles. The van der Waals surface area contributed by atoms with Crippen molar-refractivity contribution in [3.63, 3.8) is 0 Å².